The number of benzene rings is 2. The van der Waals surface area contributed by atoms with Crippen LogP contribution in [0.15, 0.2) is 48.5 Å². The summed E-state index contributed by atoms with van der Waals surface area (Å²) in [5, 5.41) is 16.2. The smallest absolute Gasteiger partial charge is 0.253 e. The van der Waals surface area contributed by atoms with Crippen LogP contribution < -0.4 is 10.6 Å². The van der Waals surface area contributed by atoms with Gasteiger partial charge in [0.15, 0.2) is 0 Å². The molecule has 2 amide bonds. The number of hydrogen-bond donors (Lipinski definition) is 3. The van der Waals surface area contributed by atoms with E-state index >= 15 is 0 Å². The Hall–Kier alpha value is -2.86. The molecule has 0 radical (unpaired) electrons. The summed E-state index contributed by atoms with van der Waals surface area (Å²) < 4.78 is 0. The molecule has 1 heterocycles. The van der Waals surface area contributed by atoms with Crippen molar-refractivity contribution in [3.8, 4) is 0 Å². The number of anilines is 2. The highest BCUT2D eigenvalue weighted by atomic mass is 16.3. The van der Waals surface area contributed by atoms with E-state index in [2.05, 4.69) is 30.5 Å². The Labute approximate surface area is 171 Å². The van der Waals surface area contributed by atoms with Gasteiger partial charge in [0.05, 0.1) is 6.10 Å². The van der Waals surface area contributed by atoms with Crippen LogP contribution in [-0.4, -0.2) is 48.1 Å². The highest BCUT2D eigenvalue weighted by molar-refractivity contribution is 5.95. The molecule has 6 nitrogen and oxygen atoms in total. The third-order valence-electron chi connectivity index (χ3n) is 5.41. The number of aliphatic hydroxyl groups is 1. The van der Waals surface area contributed by atoms with Crippen LogP contribution in [0.1, 0.15) is 42.1 Å². The fourth-order valence-electron chi connectivity index (χ4n) is 3.71. The lowest BCUT2D eigenvalue weighted by atomic mass is 10.0. The van der Waals surface area contributed by atoms with Gasteiger partial charge < -0.3 is 20.6 Å². The first-order chi connectivity index (χ1) is 13.9. The normalized spacial score (nSPS) is 18.7. The average Bonchev–Trinajstić information content (AvgIpc) is 3.08. The molecule has 0 bridgehead atoms. The molecule has 0 spiro atoms. The summed E-state index contributed by atoms with van der Waals surface area (Å²) >= 11 is 0. The predicted octanol–water partition coefficient (Wildman–Crippen LogP) is 3.12. The van der Waals surface area contributed by atoms with Crippen LogP contribution in [0, 0.1) is 5.92 Å². The molecule has 0 saturated carbocycles. The maximum Gasteiger partial charge on any atom is 0.253 e. The number of amides is 2. The number of likely N-dealkylation sites (tertiary alicyclic amines) is 1. The van der Waals surface area contributed by atoms with Crippen molar-refractivity contribution in [2.45, 2.75) is 32.3 Å². The van der Waals surface area contributed by atoms with Crippen molar-refractivity contribution >= 4 is 23.2 Å². The summed E-state index contributed by atoms with van der Waals surface area (Å²) in [7, 11) is 1.57. The van der Waals surface area contributed by atoms with Crippen molar-refractivity contribution in [3.63, 3.8) is 0 Å². The molecule has 0 aromatic heterocycles. The minimum atomic E-state index is -0.676. The Morgan fingerprint density at radius 3 is 2.45 bits per heavy atom. The third kappa shape index (κ3) is 4.95. The van der Waals surface area contributed by atoms with E-state index in [-0.39, 0.29) is 30.7 Å². The van der Waals surface area contributed by atoms with Gasteiger partial charge in [0.1, 0.15) is 0 Å². The SMILES string of the molecule is CNC(=O)C[C@@H]1CN(C(=O)c2ccc(Nc3ccccc3C(C)C)cc2)C[C@H]1O. The summed E-state index contributed by atoms with van der Waals surface area (Å²) in [4.78, 5) is 26.0. The Bertz CT molecular complexity index is 864. The molecule has 1 saturated heterocycles. The second-order valence-corrected chi connectivity index (χ2v) is 7.86. The molecule has 29 heavy (non-hydrogen) atoms. The standard InChI is InChI=1S/C23H29N3O3/c1-15(2)19-6-4-5-7-20(19)25-18-10-8-16(9-11-18)23(29)26-13-17(21(27)14-26)12-22(28)24-3/h4-11,15,17,21,25,27H,12-14H2,1-3H3,(H,24,28)/t17-,21-/m1/s1. The van der Waals surface area contributed by atoms with Crippen LogP contribution in [0.2, 0.25) is 0 Å². The zero-order valence-corrected chi connectivity index (χ0v) is 17.2. The van der Waals surface area contributed by atoms with E-state index in [4.69, 9.17) is 0 Å². The lowest BCUT2D eigenvalue weighted by Gasteiger charge is -2.17. The molecule has 2 aromatic rings. The lowest BCUT2D eigenvalue weighted by Crippen LogP contribution is -2.29. The summed E-state index contributed by atoms with van der Waals surface area (Å²) in [6.07, 6.45) is -0.454. The monoisotopic (exact) mass is 395 g/mol. The van der Waals surface area contributed by atoms with E-state index in [0.717, 1.165) is 11.4 Å². The second kappa shape index (κ2) is 9.09. The highest BCUT2D eigenvalue weighted by Gasteiger charge is 2.35. The summed E-state index contributed by atoms with van der Waals surface area (Å²) in [6, 6.07) is 15.6. The van der Waals surface area contributed by atoms with Crippen LogP contribution in [-0.2, 0) is 4.79 Å². The van der Waals surface area contributed by atoms with Crippen LogP contribution in [0.3, 0.4) is 0 Å². The number of rotatable bonds is 6. The Morgan fingerprint density at radius 2 is 1.79 bits per heavy atom. The largest absolute Gasteiger partial charge is 0.391 e. The quantitative estimate of drug-likeness (QED) is 0.702. The Balaban J connectivity index is 1.66. The molecule has 154 valence electrons. The number of hydrogen-bond acceptors (Lipinski definition) is 4. The van der Waals surface area contributed by atoms with Crippen LogP contribution in [0.5, 0.6) is 0 Å². The van der Waals surface area contributed by atoms with Gasteiger partial charge in [0.25, 0.3) is 5.91 Å². The van der Waals surface area contributed by atoms with Gasteiger partial charge in [-0.05, 0) is 41.8 Å². The van der Waals surface area contributed by atoms with Gasteiger partial charge in [0, 0.05) is 49.4 Å². The maximum atomic E-state index is 12.8. The molecule has 1 fully saturated rings. The average molecular weight is 396 g/mol. The Kier molecular flexibility index (Phi) is 6.54. The van der Waals surface area contributed by atoms with E-state index < -0.39 is 6.10 Å². The molecule has 6 heteroatoms. The second-order valence-electron chi connectivity index (χ2n) is 7.86. The predicted molar refractivity (Wildman–Crippen MR) is 114 cm³/mol. The summed E-state index contributed by atoms with van der Waals surface area (Å²) in [5.74, 6) is -0.0747. The minimum absolute atomic E-state index is 0.125. The number of carbonyl (C=O) groups is 2. The van der Waals surface area contributed by atoms with Crippen molar-refractivity contribution in [3.05, 3.63) is 59.7 Å². The zero-order chi connectivity index (χ0) is 21.0. The van der Waals surface area contributed by atoms with Crippen LogP contribution in [0.4, 0.5) is 11.4 Å². The van der Waals surface area contributed by atoms with E-state index in [1.165, 1.54) is 5.56 Å². The molecule has 3 rings (SSSR count). The first kappa shape index (κ1) is 20.9. The van der Waals surface area contributed by atoms with Crippen molar-refractivity contribution in [1.29, 1.82) is 0 Å². The fourth-order valence-corrected chi connectivity index (χ4v) is 3.71. The van der Waals surface area contributed by atoms with E-state index in [1.807, 2.05) is 30.3 Å². The Morgan fingerprint density at radius 1 is 1.10 bits per heavy atom. The van der Waals surface area contributed by atoms with Crippen molar-refractivity contribution in [2.24, 2.45) is 5.92 Å². The lowest BCUT2D eigenvalue weighted by molar-refractivity contribution is -0.122. The summed E-state index contributed by atoms with van der Waals surface area (Å²) in [5.41, 5.74) is 3.77. The number of β-amino-alcohol motifs (C(OH)–C–C–N with tert-alkyl or cyclic N) is 1. The highest BCUT2D eigenvalue weighted by Crippen LogP contribution is 2.27. The number of nitrogens with zero attached hydrogens (tertiary/aromatic N) is 1. The van der Waals surface area contributed by atoms with Gasteiger partial charge >= 0.3 is 0 Å². The minimum Gasteiger partial charge on any atom is -0.391 e. The zero-order valence-electron chi connectivity index (χ0n) is 17.2. The van der Waals surface area contributed by atoms with Gasteiger partial charge in [0.2, 0.25) is 5.91 Å². The van der Waals surface area contributed by atoms with Crippen molar-refractivity contribution < 1.29 is 14.7 Å². The number of para-hydroxylation sites is 1. The first-order valence-corrected chi connectivity index (χ1v) is 10.0. The topological polar surface area (TPSA) is 81.7 Å². The number of carbonyl (C=O) groups excluding carboxylic acids is 2. The molecule has 2 atom stereocenters. The molecule has 1 aliphatic rings. The van der Waals surface area contributed by atoms with Gasteiger partial charge in [-0.2, -0.15) is 0 Å². The van der Waals surface area contributed by atoms with Crippen LogP contribution in [0.25, 0.3) is 0 Å². The van der Waals surface area contributed by atoms with Gasteiger partial charge in [-0.1, -0.05) is 32.0 Å². The summed E-state index contributed by atoms with van der Waals surface area (Å²) in [6.45, 7) is 4.95. The van der Waals surface area contributed by atoms with E-state index in [0.29, 0.717) is 18.0 Å². The number of nitrogens with one attached hydrogen (secondary N) is 2. The van der Waals surface area contributed by atoms with Crippen molar-refractivity contribution in [1.82, 2.24) is 10.2 Å². The van der Waals surface area contributed by atoms with Gasteiger partial charge in [-0.3, -0.25) is 9.59 Å². The van der Waals surface area contributed by atoms with E-state index in [1.54, 1.807) is 24.1 Å². The van der Waals surface area contributed by atoms with Crippen molar-refractivity contribution in [2.75, 3.05) is 25.5 Å². The van der Waals surface area contributed by atoms with Gasteiger partial charge in [-0.15, -0.1) is 0 Å². The van der Waals surface area contributed by atoms with Crippen LogP contribution >= 0.6 is 0 Å². The molecule has 0 unspecified atom stereocenters. The molecule has 3 N–H and O–H groups in total. The molecular formula is C23H29N3O3. The first-order valence-electron chi connectivity index (χ1n) is 10.0. The fraction of sp³-hybridized carbons (Fsp3) is 0.391. The number of aliphatic hydroxyl groups excluding tert-OH is 1. The molecule has 0 aliphatic carbocycles. The van der Waals surface area contributed by atoms with E-state index in [9.17, 15) is 14.7 Å². The molecular weight excluding hydrogens is 366 g/mol. The molecule has 2 aromatic carbocycles. The molecule has 1 aliphatic heterocycles. The third-order valence-corrected chi connectivity index (χ3v) is 5.41. The van der Waals surface area contributed by atoms with Gasteiger partial charge in [-0.25, -0.2) is 0 Å². The maximum absolute atomic E-state index is 12.8.